The van der Waals surface area contributed by atoms with Crippen molar-refractivity contribution >= 4 is 0 Å². The van der Waals surface area contributed by atoms with E-state index in [1.165, 1.54) is 17.5 Å². The lowest BCUT2D eigenvalue weighted by molar-refractivity contribution is 0.375. The van der Waals surface area contributed by atoms with Crippen LogP contribution in [0.15, 0.2) is 18.2 Å². The van der Waals surface area contributed by atoms with E-state index in [9.17, 15) is 0 Å². The van der Waals surface area contributed by atoms with Gasteiger partial charge in [0, 0.05) is 6.04 Å². The van der Waals surface area contributed by atoms with E-state index in [1.807, 2.05) is 6.07 Å². The summed E-state index contributed by atoms with van der Waals surface area (Å²) in [6.07, 6.45) is 2.34. The molecule has 1 saturated heterocycles. The Morgan fingerprint density at radius 3 is 2.79 bits per heavy atom. The van der Waals surface area contributed by atoms with Crippen molar-refractivity contribution in [1.82, 2.24) is 5.32 Å². The van der Waals surface area contributed by atoms with Gasteiger partial charge < -0.3 is 10.1 Å². The highest BCUT2D eigenvalue weighted by Crippen LogP contribution is 2.29. The Hall–Kier alpha value is -1.02. The lowest BCUT2D eigenvalue weighted by Gasteiger charge is -2.30. The first-order valence-electron chi connectivity index (χ1n) is 5.25. The summed E-state index contributed by atoms with van der Waals surface area (Å²) in [7, 11) is 1.72. The molecule has 0 amide bonds. The first kappa shape index (κ1) is 9.53. The molecular weight excluding hydrogens is 174 g/mol. The smallest absolute Gasteiger partial charge is 0.119 e. The van der Waals surface area contributed by atoms with Gasteiger partial charge in [-0.3, -0.25) is 0 Å². The summed E-state index contributed by atoms with van der Waals surface area (Å²) < 4.78 is 5.25. The summed E-state index contributed by atoms with van der Waals surface area (Å²) >= 11 is 0. The standard InChI is InChI=1S/C12H17NO/c1-3-9-4-5-10(14-2)8-11(9)12-6-7-13-12/h4-5,8,12-13H,3,6-7H2,1-2H3. The van der Waals surface area contributed by atoms with Gasteiger partial charge in [-0.15, -0.1) is 0 Å². The molecule has 0 spiro atoms. The van der Waals surface area contributed by atoms with Gasteiger partial charge in [-0.2, -0.15) is 0 Å². The zero-order valence-corrected chi connectivity index (χ0v) is 8.84. The Labute approximate surface area is 85.3 Å². The predicted molar refractivity (Wildman–Crippen MR) is 57.7 cm³/mol. The molecule has 76 valence electrons. The molecule has 0 bridgehead atoms. The topological polar surface area (TPSA) is 21.3 Å². The number of hydrogen-bond donors (Lipinski definition) is 1. The second-order valence-corrected chi connectivity index (χ2v) is 3.71. The number of hydrogen-bond acceptors (Lipinski definition) is 2. The Morgan fingerprint density at radius 2 is 2.29 bits per heavy atom. The maximum atomic E-state index is 5.25. The van der Waals surface area contributed by atoms with Crippen LogP contribution >= 0.6 is 0 Å². The molecule has 1 aliphatic rings. The first-order chi connectivity index (χ1) is 6.85. The number of benzene rings is 1. The molecule has 2 nitrogen and oxygen atoms in total. The molecule has 0 saturated carbocycles. The number of methoxy groups -OCH3 is 1. The quantitative estimate of drug-likeness (QED) is 0.791. The van der Waals surface area contributed by atoms with E-state index in [-0.39, 0.29) is 0 Å². The van der Waals surface area contributed by atoms with E-state index in [4.69, 9.17) is 4.74 Å². The molecule has 1 heterocycles. The summed E-state index contributed by atoms with van der Waals surface area (Å²) in [6.45, 7) is 3.34. The van der Waals surface area contributed by atoms with Gasteiger partial charge in [0.05, 0.1) is 7.11 Å². The van der Waals surface area contributed by atoms with E-state index in [0.29, 0.717) is 6.04 Å². The normalized spacial score (nSPS) is 20.3. The zero-order valence-electron chi connectivity index (χ0n) is 8.84. The third-order valence-corrected chi connectivity index (χ3v) is 2.93. The van der Waals surface area contributed by atoms with Crippen LogP contribution in [0.25, 0.3) is 0 Å². The Kier molecular flexibility index (Phi) is 2.73. The van der Waals surface area contributed by atoms with Crippen LogP contribution in [0.3, 0.4) is 0 Å². The van der Waals surface area contributed by atoms with E-state index >= 15 is 0 Å². The third kappa shape index (κ3) is 1.62. The highest BCUT2D eigenvalue weighted by Gasteiger charge is 2.21. The lowest BCUT2D eigenvalue weighted by atomic mass is 9.92. The first-order valence-corrected chi connectivity index (χ1v) is 5.25. The van der Waals surface area contributed by atoms with Crippen molar-refractivity contribution in [2.45, 2.75) is 25.8 Å². The molecule has 1 aromatic carbocycles. The fourth-order valence-electron chi connectivity index (χ4n) is 1.90. The maximum Gasteiger partial charge on any atom is 0.119 e. The molecule has 1 aliphatic heterocycles. The summed E-state index contributed by atoms with van der Waals surface area (Å²) in [5.74, 6) is 0.964. The van der Waals surface area contributed by atoms with Gasteiger partial charge in [0.25, 0.3) is 0 Å². The van der Waals surface area contributed by atoms with E-state index in [2.05, 4.69) is 24.4 Å². The fraction of sp³-hybridized carbons (Fsp3) is 0.500. The van der Waals surface area contributed by atoms with Crippen LogP contribution in [0.5, 0.6) is 5.75 Å². The lowest BCUT2D eigenvalue weighted by Crippen LogP contribution is -2.35. The fourth-order valence-corrected chi connectivity index (χ4v) is 1.90. The summed E-state index contributed by atoms with van der Waals surface area (Å²) in [4.78, 5) is 0. The van der Waals surface area contributed by atoms with Crippen LogP contribution < -0.4 is 10.1 Å². The van der Waals surface area contributed by atoms with Crippen LogP contribution in [-0.2, 0) is 6.42 Å². The highest BCUT2D eigenvalue weighted by molar-refractivity contribution is 5.38. The van der Waals surface area contributed by atoms with E-state index in [1.54, 1.807) is 7.11 Å². The molecule has 2 heteroatoms. The van der Waals surface area contributed by atoms with Gasteiger partial charge in [-0.25, -0.2) is 0 Å². The molecule has 1 unspecified atom stereocenters. The molecule has 1 atom stereocenters. The number of rotatable bonds is 3. The Morgan fingerprint density at radius 1 is 1.50 bits per heavy atom. The van der Waals surface area contributed by atoms with Crippen molar-refractivity contribution in [3.05, 3.63) is 29.3 Å². The molecule has 14 heavy (non-hydrogen) atoms. The van der Waals surface area contributed by atoms with Gasteiger partial charge in [-0.1, -0.05) is 13.0 Å². The van der Waals surface area contributed by atoms with Gasteiger partial charge in [0.1, 0.15) is 5.75 Å². The van der Waals surface area contributed by atoms with Crippen LogP contribution in [0.4, 0.5) is 0 Å². The molecule has 2 rings (SSSR count). The minimum atomic E-state index is 0.556. The van der Waals surface area contributed by atoms with E-state index < -0.39 is 0 Å². The van der Waals surface area contributed by atoms with Crippen molar-refractivity contribution in [2.75, 3.05) is 13.7 Å². The maximum absolute atomic E-state index is 5.25. The highest BCUT2D eigenvalue weighted by atomic mass is 16.5. The number of nitrogens with one attached hydrogen (secondary N) is 1. The Balaban J connectivity index is 2.31. The van der Waals surface area contributed by atoms with Crippen LogP contribution in [0, 0.1) is 0 Å². The summed E-state index contributed by atoms with van der Waals surface area (Å²) in [6, 6.07) is 6.94. The minimum absolute atomic E-state index is 0.556. The van der Waals surface area contributed by atoms with Gasteiger partial charge >= 0.3 is 0 Å². The van der Waals surface area contributed by atoms with Gasteiger partial charge in [-0.05, 0) is 42.6 Å². The summed E-state index contributed by atoms with van der Waals surface area (Å²) in [5.41, 5.74) is 2.85. The second-order valence-electron chi connectivity index (χ2n) is 3.71. The largest absolute Gasteiger partial charge is 0.497 e. The molecule has 0 aromatic heterocycles. The summed E-state index contributed by atoms with van der Waals surface area (Å²) in [5, 5.41) is 3.43. The van der Waals surface area contributed by atoms with Crippen molar-refractivity contribution < 1.29 is 4.74 Å². The minimum Gasteiger partial charge on any atom is -0.497 e. The number of ether oxygens (including phenoxy) is 1. The average Bonchev–Trinajstić information content (AvgIpc) is 2.15. The van der Waals surface area contributed by atoms with Crippen molar-refractivity contribution in [1.29, 1.82) is 0 Å². The van der Waals surface area contributed by atoms with Crippen molar-refractivity contribution in [2.24, 2.45) is 0 Å². The second kappa shape index (κ2) is 4.01. The van der Waals surface area contributed by atoms with Crippen molar-refractivity contribution in [3.63, 3.8) is 0 Å². The average molecular weight is 191 g/mol. The molecule has 1 N–H and O–H groups in total. The Bertz CT molecular complexity index is 318. The van der Waals surface area contributed by atoms with Crippen LogP contribution in [0.1, 0.15) is 30.5 Å². The zero-order chi connectivity index (χ0) is 9.97. The third-order valence-electron chi connectivity index (χ3n) is 2.93. The van der Waals surface area contributed by atoms with Crippen LogP contribution in [0.2, 0.25) is 0 Å². The molecule has 1 fully saturated rings. The molecular formula is C12H17NO. The van der Waals surface area contributed by atoms with Gasteiger partial charge in [0.2, 0.25) is 0 Å². The molecule has 0 radical (unpaired) electrons. The van der Waals surface area contributed by atoms with Crippen molar-refractivity contribution in [3.8, 4) is 5.75 Å². The molecule has 1 aromatic rings. The monoisotopic (exact) mass is 191 g/mol. The number of aryl methyl sites for hydroxylation is 1. The molecule has 0 aliphatic carbocycles. The van der Waals surface area contributed by atoms with Gasteiger partial charge in [0.15, 0.2) is 0 Å². The van der Waals surface area contributed by atoms with E-state index in [0.717, 1.165) is 18.7 Å². The SMILES string of the molecule is CCc1ccc(OC)cc1C1CCN1. The predicted octanol–water partition coefficient (Wildman–Crippen LogP) is 2.29. The van der Waals surface area contributed by atoms with Crippen LogP contribution in [-0.4, -0.2) is 13.7 Å².